The van der Waals surface area contributed by atoms with Gasteiger partial charge in [-0.1, -0.05) is 19.3 Å². The summed E-state index contributed by atoms with van der Waals surface area (Å²) in [6.07, 6.45) is 5.97. The molecule has 0 aromatic heterocycles. The van der Waals surface area contributed by atoms with Crippen molar-refractivity contribution in [2.75, 3.05) is 7.11 Å². The van der Waals surface area contributed by atoms with Gasteiger partial charge in [0.1, 0.15) is 5.75 Å². The highest BCUT2D eigenvalue weighted by molar-refractivity contribution is 9.10. The van der Waals surface area contributed by atoms with Gasteiger partial charge in [-0.25, -0.2) is 0 Å². The minimum absolute atomic E-state index is 0.152. The van der Waals surface area contributed by atoms with Gasteiger partial charge >= 0.3 is 0 Å². The molecular formula is C15H22BrNO. The van der Waals surface area contributed by atoms with Gasteiger partial charge in [-0.15, -0.1) is 0 Å². The second kappa shape index (κ2) is 5.22. The highest BCUT2D eigenvalue weighted by atomic mass is 79.9. The summed E-state index contributed by atoms with van der Waals surface area (Å²) in [7, 11) is 1.71. The Balaban J connectivity index is 2.53. The maximum atomic E-state index is 6.68. The monoisotopic (exact) mass is 311 g/mol. The average molecular weight is 312 g/mol. The molecule has 1 aromatic carbocycles. The molecule has 1 aliphatic carbocycles. The number of ether oxygens (including phenoxy) is 1. The van der Waals surface area contributed by atoms with Crippen LogP contribution in [0, 0.1) is 13.8 Å². The Bertz CT molecular complexity index is 450. The van der Waals surface area contributed by atoms with Gasteiger partial charge in [-0.2, -0.15) is 0 Å². The van der Waals surface area contributed by atoms with Crippen molar-refractivity contribution in [3.63, 3.8) is 0 Å². The van der Waals surface area contributed by atoms with Crippen LogP contribution in [0.3, 0.4) is 0 Å². The van der Waals surface area contributed by atoms with E-state index in [0.717, 1.165) is 23.1 Å². The van der Waals surface area contributed by atoms with E-state index < -0.39 is 0 Å². The van der Waals surface area contributed by atoms with Gasteiger partial charge in [0.05, 0.1) is 11.6 Å². The molecule has 1 aliphatic rings. The van der Waals surface area contributed by atoms with Crippen molar-refractivity contribution in [1.29, 1.82) is 0 Å². The van der Waals surface area contributed by atoms with Crippen LogP contribution in [-0.4, -0.2) is 7.11 Å². The van der Waals surface area contributed by atoms with Crippen molar-refractivity contribution in [2.45, 2.75) is 51.5 Å². The fraction of sp³-hybridized carbons (Fsp3) is 0.600. The average Bonchev–Trinajstić information content (AvgIpc) is 2.34. The number of benzene rings is 1. The summed E-state index contributed by atoms with van der Waals surface area (Å²) in [6.45, 7) is 4.28. The SMILES string of the molecule is COc1cc(C)c(C2(N)CCCCC2)c(C)c1Br. The summed E-state index contributed by atoms with van der Waals surface area (Å²) >= 11 is 3.64. The molecule has 100 valence electrons. The first-order valence-corrected chi connectivity index (χ1v) is 7.42. The van der Waals surface area contributed by atoms with Gasteiger partial charge in [0.2, 0.25) is 0 Å². The topological polar surface area (TPSA) is 35.2 Å². The molecule has 18 heavy (non-hydrogen) atoms. The Kier molecular flexibility index (Phi) is 4.02. The lowest BCUT2D eigenvalue weighted by molar-refractivity contribution is 0.299. The smallest absolute Gasteiger partial charge is 0.133 e. The predicted molar refractivity (Wildman–Crippen MR) is 79.1 cm³/mol. The molecule has 2 N–H and O–H groups in total. The number of hydrogen-bond acceptors (Lipinski definition) is 2. The molecule has 3 heteroatoms. The number of methoxy groups -OCH3 is 1. The lowest BCUT2D eigenvalue weighted by Crippen LogP contribution is -2.40. The Morgan fingerprint density at radius 3 is 2.39 bits per heavy atom. The van der Waals surface area contributed by atoms with E-state index in [-0.39, 0.29) is 5.54 Å². The summed E-state index contributed by atoms with van der Waals surface area (Å²) in [4.78, 5) is 0. The van der Waals surface area contributed by atoms with Crippen molar-refractivity contribution in [3.05, 3.63) is 27.2 Å². The number of aryl methyl sites for hydroxylation is 1. The zero-order chi connectivity index (χ0) is 13.3. The van der Waals surface area contributed by atoms with Crippen molar-refractivity contribution < 1.29 is 4.74 Å². The lowest BCUT2D eigenvalue weighted by Gasteiger charge is -2.37. The van der Waals surface area contributed by atoms with E-state index >= 15 is 0 Å². The fourth-order valence-electron chi connectivity index (χ4n) is 3.27. The number of rotatable bonds is 2. The van der Waals surface area contributed by atoms with E-state index in [2.05, 4.69) is 35.8 Å². The van der Waals surface area contributed by atoms with E-state index in [1.54, 1.807) is 7.11 Å². The minimum atomic E-state index is -0.152. The Hall–Kier alpha value is -0.540. The van der Waals surface area contributed by atoms with Gasteiger partial charge in [0.15, 0.2) is 0 Å². The number of hydrogen-bond donors (Lipinski definition) is 1. The van der Waals surface area contributed by atoms with Crippen LogP contribution in [0.5, 0.6) is 5.75 Å². The molecule has 0 heterocycles. The third-order valence-corrected chi connectivity index (χ3v) is 5.11. The highest BCUT2D eigenvalue weighted by Crippen LogP contribution is 2.42. The zero-order valence-electron chi connectivity index (χ0n) is 11.5. The molecule has 1 saturated carbocycles. The number of nitrogens with two attached hydrogens (primary N) is 1. The highest BCUT2D eigenvalue weighted by Gasteiger charge is 2.33. The third kappa shape index (κ3) is 2.30. The first-order valence-electron chi connectivity index (χ1n) is 6.62. The van der Waals surface area contributed by atoms with Crippen LogP contribution < -0.4 is 10.5 Å². The first-order chi connectivity index (χ1) is 8.49. The van der Waals surface area contributed by atoms with E-state index in [0.29, 0.717) is 0 Å². The maximum absolute atomic E-state index is 6.68. The Morgan fingerprint density at radius 1 is 1.22 bits per heavy atom. The second-order valence-electron chi connectivity index (χ2n) is 5.43. The summed E-state index contributed by atoms with van der Waals surface area (Å²) in [5, 5.41) is 0. The van der Waals surface area contributed by atoms with E-state index in [1.807, 2.05) is 0 Å². The molecule has 1 aromatic rings. The van der Waals surface area contributed by atoms with Crippen molar-refractivity contribution in [3.8, 4) is 5.75 Å². The largest absolute Gasteiger partial charge is 0.496 e. The van der Waals surface area contributed by atoms with Crippen LogP contribution in [0.15, 0.2) is 10.5 Å². The quantitative estimate of drug-likeness (QED) is 0.888. The van der Waals surface area contributed by atoms with Crippen LogP contribution in [0.1, 0.15) is 48.8 Å². The summed E-state index contributed by atoms with van der Waals surface area (Å²) < 4.78 is 6.44. The number of halogens is 1. The molecule has 0 bridgehead atoms. The minimum Gasteiger partial charge on any atom is -0.496 e. The first kappa shape index (κ1) is 13.9. The summed E-state index contributed by atoms with van der Waals surface area (Å²) in [6, 6.07) is 2.09. The van der Waals surface area contributed by atoms with E-state index in [9.17, 15) is 0 Å². The molecule has 0 atom stereocenters. The van der Waals surface area contributed by atoms with E-state index in [1.165, 1.54) is 36.0 Å². The van der Waals surface area contributed by atoms with Gasteiger partial charge in [0.25, 0.3) is 0 Å². The van der Waals surface area contributed by atoms with Crippen LogP contribution in [0.2, 0.25) is 0 Å². The molecule has 0 unspecified atom stereocenters. The van der Waals surface area contributed by atoms with Crippen molar-refractivity contribution >= 4 is 15.9 Å². The Labute approximate surface area is 118 Å². The third-order valence-electron chi connectivity index (χ3n) is 4.13. The normalized spacial score (nSPS) is 18.7. The van der Waals surface area contributed by atoms with Gasteiger partial charge in [-0.05, 0) is 65.4 Å². The van der Waals surface area contributed by atoms with Crippen LogP contribution >= 0.6 is 15.9 Å². The van der Waals surface area contributed by atoms with Gasteiger partial charge < -0.3 is 10.5 Å². The standard InChI is InChI=1S/C15H22BrNO/c1-10-9-12(18-3)14(16)11(2)13(10)15(17)7-5-4-6-8-15/h9H,4-8,17H2,1-3H3. The van der Waals surface area contributed by atoms with Crippen molar-refractivity contribution in [1.82, 2.24) is 0 Å². The molecule has 0 aliphatic heterocycles. The molecule has 0 saturated heterocycles. The molecule has 1 fully saturated rings. The summed E-state index contributed by atoms with van der Waals surface area (Å²) in [5.74, 6) is 0.896. The zero-order valence-corrected chi connectivity index (χ0v) is 13.1. The van der Waals surface area contributed by atoms with Crippen LogP contribution in [0.25, 0.3) is 0 Å². The molecular weight excluding hydrogens is 290 g/mol. The fourth-order valence-corrected chi connectivity index (χ4v) is 3.74. The molecule has 0 amide bonds. The van der Waals surface area contributed by atoms with Crippen LogP contribution in [0.4, 0.5) is 0 Å². The van der Waals surface area contributed by atoms with E-state index in [4.69, 9.17) is 10.5 Å². The summed E-state index contributed by atoms with van der Waals surface area (Å²) in [5.41, 5.74) is 10.3. The molecule has 2 nitrogen and oxygen atoms in total. The molecule has 0 radical (unpaired) electrons. The van der Waals surface area contributed by atoms with Gasteiger partial charge in [0, 0.05) is 5.54 Å². The second-order valence-corrected chi connectivity index (χ2v) is 6.22. The molecule has 2 rings (SSSR count). The van der Waals surface area contributed by atoms with Crippen LogP contribution in [-0.2, 0) is 5.54 Å². The lowest BCUT2D eigenvalue weighted by atomic mass is 9.74. The Morgan fingerprint density at radius 2 is 1.83 bits per heavy atom. The molecule has 0 spiro atoms. The van der Waals surface area contributed by atoms with Gasteiger partial charge in [-0.3, -0.25) is 0 Å². The maximum Gasteiger partial charge on any atom is 0.133 e. The predicted octanol–water partition coefficient (Wildman–Crippen LogP) is 4.19. The van der Waals surface area contributed by atoms with Crippen molar-refractivity contribution in [2.24, 2.45) is 5.73 Å².